The largest absolute Gasteiger partial charge is 0.465 e. The van der Waals surface area contributed by atoms with Gasteiger partial charge < -0.3 is 14.5 Å². The molecule has 1 unspecified atom stereocenters. The summed E-state index contributed by atoms with van der Waals surface area (Å²) in [7, 11) is 0. The zero-order valence-corrected chi connectivity index (χ0v) is 10.8. The van der Waals surface area contributed by atoms with Gasteiger partial charge in [-0.2, -0.15) is 0 Å². The van der Waals surface area contributed by atoms with Gasteiger partial charge in [-0.25, -0.2) is 0 Å². The van der Waals surface area contributed by atoms with Crippen LogP contribution < -0.4 is 5.32 Å². The van der Waals surface area contributed by atoms with Crippen molar-refractivity contribution in [2.24, 2.45) is 0 Å². The van der Waals surface area contributed by atoms with Gasteiger partial charge in [-0.1, -0.05) is 13.8 Å². The summed E-state index contributed by atoms with van der Waals surface area (Å²) in [6.07, 6.45) is 1.35. The Labute approximate surface area is 98.2 Å². The normalized spacial score (nSPS) is 13.0. The highest BCUT2D eigenvalue weighted by atomic mass is 16.5. The number of hydrogen-bond acceptors (Lipinski definition) is 3. The minimum absolute atomic E-state index is 0.312. The minimum Gasteiger partial charge on any atom is -0.465 e. The molecule has 0 fully saturated rings. The molecular weight excluding hydrogens is 202 g/mol. The fourth-order valence-corrected chi connectivity index (χ4v) is 1.42. The Kier molecular flexibility index (Phi) is 5.56. The summed E-state index contributed by atoms with van der Waals surface area (Å²) in [4.78, 5) is 0. The van der Waals surface area contributed by atoms with Crippen molar-refractivity contribution in [3.63, 3.8) is 0 Å². The van der Waals surface area contributed by atoms with E-state index in [1.165, 1.54) is 0 Å². The molecule has 1 aromatic heterocycles. The monoisotopic (exact) mass is 225 g/mol. The van der Waals surface area contributed by atoms with Gasteiger partial charge in [0.05, 0.1) is 19.3 Å². The first kappa shape index (κ1) is 13.3. The Balaban J connectivity index is 2.49. The van der Waals surface area contributed by atoms with Crippen LogP contribution in [-0.4, -0.2) is 12.6 Å². The second-order valence-electron chi connectivity index (χ2n) is 4.10. The summed E-state index contributed by atoms with van der Waals surface area (Å²) >= 11 is 0. The predicted octanol–water partition coefficient (Wildman–Crippen LogP) is 3.01. The van der Waals surface area contributed by atoms with Crippen molar-refractivity contribution in [1.82, 2.24) is 5.32 Å². The van der Waals surface area contributed by atoms with Crippen LogP contribution >= 0.6 is 0 Å². The predicted molar refractivity (Wildman–Crippen MR) is 65.4 cm³/mol. The molecule has 0 aliphatic carbocycles. The van der Waals surface area contributed by atoms with E-state index < -0.39 is 0 Å². The van der Waals surface area contributed by atoms with E-state index in [0.717, 1.165) is 36.6 Å². The number of rotatable bonds is 7. The number of furan rings is 1. The topological polar surface area (TPSA) is 34.4 Å². The lowest BCUT2D eigenvalue weighted by molar-refractivity contribution is 0.0502. The van der Waals surface area contributed by atoms with Gasteiger partial charge in [0, 0.05) is 5.56 Å². The van der Waals surface area contributed by atoms with E-state index in [-0.39, 0.29) is 0 Å². The van der Waals surface area contributed by atoms with Crippen molar-refractivity contribution in [2.45, 2.75) is 53.4 Å². The van der Waals surface area contributed by atoms with E-state index in [1.807, 2.05) is 6.92 Å². The molecule has 1 heterocycles. The summed E-state index contributed by atoms with van der Waals surface area (Å²) in [5.41, 5.74) is 1.16. The fourth-order valence-electron chi connectivity index (χ4n) is 1.42. The van der Waals surface area contributed by atoms with Gasteiger partial charge >= 0.3 is 0 Å². The lowest BCUT2D eigenvalue weighted by atomic mass is 10.2. The van der Waals surface area contributed by atoms with Crippen molar-refractivity contribution in [3.05, 3.63) is 23.2 Å². The van der Waals surface area contributed by atoms with E-state index >= 15 is 0 Å². The Morgan fingerprint density at radius 2 is 2.19 bits per heavy atom. The number of nitrogens with one attached hydrogen (secondary N) is 1. The standard InChI is InChI=1S/C13H23NO2/c1-5-10(3)15-9-12-7-13(8-14-6-2)16-11(12)4/h7,10,14H,5-6,8-9H2,1-4H3. The Morgan fingerprint density at radius 3 is 2.81 bits per heavy atom. The molecule has 0 radical (unpaired) electrons. The van der Waals surface area contributed by atoms with Crippen molar-refractivity contribution in [1.29, 1.82) is 0 Å². The molecule has 0 saturated heterocycles. The molecule has 0 amide bonds. The van der Waals surface area contributed by atoms with E-state index in [1.54, 1.807) is 0 Å². The molecule has 16 heavy (non-hydrogen) atoms. The summed E-state index contributed by atoms with van der Waals surface area (Å²) in [6, 6.07) is 2.08. The molecule has 1 aromatic rings. The molecular formula is C13H23NO2. The second-order valence-corrected chi connectivity index (χ2v) is 4.10. The smallest absolute Gasteiger partial charge is 0.118 e. The highest BCUT2D eigenvalue weighted by Gasteiger charge is 2.08. The highest BCUT2D eigenvalue weighted by Crippen LogP contribution is 2.16. The van der Waals surface area contributed by atoms with Crippen LogP contribution in [0, 0.1) is 6.92 Å². The second kappa shape index (κ2) is 6.71. The SMILES string of the molecule is CCNCc1cc(COC(C)CC)c(C)o1. The van der Waals surface area contributed by atoms with E-state index in [2.05, 4.69) is 32.2 Å². The van der Waals surface area contributed by atoms with Crippen molar-refractivity contribution in [3.8, 4) is 0 Å². The van der Waals surface area contributed by atoms with Crippen LogP contribution in [0.25, 0.3) is 0 Å². The zero-order chi connectivity index (χ0) is 12.0. The Bertz CT molecular complexity index is 307. The number of aryl methyl sites for hydroxylation is 1. The lowest BCUT2D eigenvalue weighted by Gasteiger charge is -2.09. The summed E-state index contributed by atoms with van der Waals surface area (Å²) in [5.74, 6) is 1.96. The Morgan fingerprint density at radius 1 is 1.44 bits per heavy atom. The van der Waals surface area contributed by atoms with Gasteiger partial charge in [-0.15, -0.1) is 0 Å². The van der Waals surface area contributed by atoms with Crippen LogP contribution in [0.3, 0.4) is 0 Å². The highest BCUT2D eigenvalue weighted by molar-refractivity contribution is 5.19. The molecule has 3 heteroatoms. The average Bonchev–Trinajstić information content (AvgIpc) is 2.64. The molecule has 1 N–H and O–H groups in total. The molecule has 0 spiro atoms. The fraction of sp³-hybridized carbons (Fsp3) is 0.692. The lowest BCUT2D eigenvalue weighted by Crippen LogP contribution is -2.10. The quantitative estimate of drug-likeness (QED) is 0.774. The molecule has 0 aromatic carbocycles. The van der Waals surface area contributed by atoms with E-state index in [4.69, 9.17) is 9.15 Å². The molecule has 1 atom stereocenters. The van der Waals surface area contributed by atoms with E-state index in [0.29, 0.717) is 12.7 Å². The van der Waals surface area contributed by atoms with Crippen LogP contribution in [0.4, 0.5) is 0 Å². The third-order valence-corrected chi connectivity index (χ3v) is 2.72. The summed E-state index contributed by atoms with van der Waals surface area (Å²) < 4.78 is 11.3. The van der Waals surface area contributed by atoms with Crippen molar-refractivity contribution < 1.29 is 9.15 Å². The maximum Gasteiger partial charge on any atom is 0.118 e. The molecule has 0 aliphatic rings. The van der Waals surface area contributed by atoms with Crippen molar-refractivity contribution in [2.75, 3.05) is 6.54 Å². The van der Waals surface area contributed by atoms with Gasteiger partial charge in [0.1, 0.15) is 11.5 Å². The average molecular weight is 225 g/mol. The van der Waals surface area contributed by atoms with Crippen LogP contribution in [0.1, 0.15) is 44.3 Å². The third kappa shape index (κ3) is 3.99. The number of ether oxygens (including phenoxy) is 1. The van der Waals surface area contributed by atoms with Crippen LogP contribution in [0.2, 0.25) is 0 Å². The minimum atomic E-state index is 0.312. The third-order valence-electron chi connectivity index (χ3n) is 2.72. The maximum atomic E-state index is 5.70. The molecule has 92 valence electrons. The summed E-state index contributed by atoms with van der Waals surface area (Å²) in [5, 5.41) is 3.25. The van der Waals surface area contributed by atoms with E-state index in [9.17, 15) is 0 Å². The van der Waals surface area contributed by atoms with Crippen LogP contribution in [0.5, 0.6) is 0 Å². The van der Waals surface area contributed by atoms with Gasteiger partial charge in [-0.05, 0) is 32.9 Å². The first-order chi connectivity index (χ1) is 7.67. The van der Waals surface area contributed by atoms with Gasteiger partial charge in [0.15, 0.2) is 0 Å². The van der Waals surface area contributed by atoms with Gasteiger partial charge in [0.25, 0.3) is 0 Å². The maximum absolute atomic E-state index is 5.70. The molecule has 0 bridgehead atoms. The molecule has 0 saturated carbocycles. The molecule has 1 rings (SSSR count). The van der Waals surface area contributed by atoms with Crippen molar-refractivity contribution >= 4 is 0 Å². The zero-order valence-electron chi connectivity index (χ0n) is 10.8. The summed E-state index contributed by atoms with van der Waals surface area (Å²) in [6.45, 7) is 10.7. The first-order valence-corrected chi connectivity index (χ1v) is 6.07. The molecule has 0 aliphatic heterocycles. The van der Waals surface area contributed by atoms with Gasteiger partial charge in [0.2, 0.25) is 0 Å². The molecule has 3 nitrogen and oxygen atoms in total. The van der Waals surface area contributed by atoms with Crippen LogP contribution in [0.15, 0.2) is 10.5 Å². The van der Waals surface area contributed by atoms with Gasteiger partial charge in [-0.3, -0.25) is 0 Å². The van der Waals surface area contributed by atoms with Crippen LogP contribution in [-0.2, 0) is 17.9 Å². The first-order valence-electron chi connectivity index (χ1n) is 6.07. The number of hydrogen-bond donors (Lipinski definition) is 1. The Hall–Kier alpha value is -0.800.